The minimum absolute atomic E-state index is 0.266. The number of benzene rings is 1. The summed E-state index contributed by atoms with van der Waals surface area (Å²) in [6.45, 7) is 17.4. The molecule has 0 amide bonds. The molecule has 0 saturated heterocycles. The molecule has 0 saturated carbocycles. The van der Waals surface area contributed by atoms with Crippen LogP contribution in [0.15, 0.2) is 24.3 Å². The number of unbranched alkanes of at least 4 members (excludes halogenated alkanes) is 5. The standard InChI is InChI=1S/C30H52O2S/c1-8-9-10-11-12-13-14-25(29(2,3)4)23-26(30(5,6)7)21-22-32-28(33)20-17-24-15-18-27(31)19-16-24/h15-16,18-19,25-26,31H,8-14,17,20-23H2,1-7H3. The maximum absolute atomic E-state index is 9.42. The van der Waals surface area contributed by atoms with Gasteiger partial charge in [-0.2, -0.15) is 0 Å². The number of hydrogen-bond donors (Lipinski definition) is 1. The lowest BCUT2D eigenvalue weighted by atomic mass is 9.67. The molecule has 190 valence electrons. The molecule has 0 aromatic heterocycles. The smallest absolute Gasteiger partial charge is 0.159 e. The Morgan fingerprint density at radius 3 is 1.97 bits per heavy atom. The second-order valence-corrected chi connectivity index (χ2v) is 12.5. The number of hydrogen-bond acceptors (Lipinski definition) is 3. The van der Waals surface area contributed by atoms with E-state index in [2.05, 4.69) is 48.5 Å². The monoisotopic (exact) mass is 476 g/mol. The molecule has 2 atom stereocenters. The lowest BCUT2D eigenvalue weighted by Gasteiger charge is -2.39. The van der Waals surface area contributed by atoms with Crippen molar-refractivity contribution < 1.29 is 9.84 Å². The normalized spacial score (nSPS) is 14.2. The van der Waals surface area contributed by atoms with Crippen molar-refractivity contribution in [2.75, 3.05) is 6.61 Å². The fourth-order valence-corrected chi connectivity index (χ4v) is 4.80. The summed E-state index contributed by atoms with van der Waals surface area (Å²) in [4.78, 5) is 0. The molecule has 0 heterocycles. The number of aryl methyl sites for hydroxylation is 1. The molecule has 1 aromatic rings. The third-order valence-electron chi connectivity index (χ3n) is 7.21. The van der Waals surface area contributed by atoms with E-state index in [4.69, 9.17) is 17.0 Å². The highest BCUT2D eigenvalue weighted by Crippen LogP contribution is 2.41. The average molecular weight is 477 g/mol. The summed E-state index contributed by atoms with van der Waals surface area (Å²) in [5, 5.41) is 10.1. The second kappa shape index (κ2) is 15.0. The molecular weight excluding hydrogens is 424 g/mol. The predicted molar refractivity (Wildman–Crippen MR) is 148 cm³/mol. The fourth-order valence-electron chi connectivity index (χ4n) is 4.62. The van der Waals surface area contributed by atoms with Gasteiger partial charge in [0.2, 0.25) is 0 Å². The van der Waals surface area contributed by atoms with E-state index in [0.29, 0.717) is 28.7 Å². The van der Waals surface area contributed by atoms with Crippen LogP contribution >= 0.6 is 12.2 Å². The summed E-state index contributed by atoms with van der Waals surface area (Å²) in [7, 11) is 0. The Kier molecular flexibility index (Phi) is 13.6. The van der Waals surface area contributed by atoms with Crippen LogP contribution in [0.3, 0.4) is 0 Å². The first kappa shape index (κ1) is 29.9. The summed E-state index contributed by atoms with van der Waals surface area (Å²) in [5.41, 5.74) is 1.78. The maximum atomic E-state index is 9.42. The molecule has 2 unspecified atom stereocenters. The summed E-state index contributed by atoms with van der Waals surface area (Å²) in [6.07, 6.45) is 13.5. The van der Waals surface area contributed by atoms with Crippen molar-refractivity contribution >= 4 is 17.3 Å². The Morgan fingerprint density at radius 2 is 1.39 bits per heavy atom. The predicted octanol–water partition coefficient (Wildman–Crippen LogP) is 9.52. The van der Waals surface area contributed by atoms with E-state index in [1.807, 2.05) is 12.1 Å². The molecule has 1 aromatic carbocycles. The number of phenols is 1. The highest BCUT2D eigenvalue weighted by Gasteiger charge is 2.32. The van der Waals surface area contributed by atoms with Crippen molar-refractivity contribution in [1.29, 1.82) is 0 Å². The Labute approximate surface area is 210 Å². The van der Waals surface area contributed by atoms with Gasteiger partial charge in [0.15, 0.2) is 5.05 Å². The lowest BCUT2D eigenvalue weighted by molar-refractivity contribution is 0.103. The molecule has 1 N–H and O–H groups in total. The first-order valence-corrected chi connectivity index (χ1v) is 13.8. The van der Waals surface area contributed by atoms with Crippen LogP contribution in [0.5, 0.6) is 5.75 Å². The highest BCUT2D eigenvalue weighted by molar-refractivity contribution is 7.80. The molecule has 1 rings (SSSR count). The van der Waals surface area contributed by atoms with Crippen LogP contribution in [0.4, 0.5) is 0 Å². The van der Waals surface area contributed by atoms with Crippen LogP contribution in [0.25, 0.3) is 0 Å². The summed E-state index contributed by atoms with van der Waals surface area (Å²) in [5.74, 6) is 1.67. The van der Waals surface area contributed by atoms with E-state index < -0.39 is 0 Å². The molecule has 0 bridgehead atoms. The van der Waals surface area contributed by atoms with E-state index in [0.717, 1.165) is 25.2 Å². The van der Waals surface area contributed by atoms with E-state index in [1.165, 1.54) is 56.9 Å². The number of aromatic hydroxyl groups is 1. The van der Waals surface area contributed by atoms with Gasteiger partial charge in [-0.05, 0) is 78.3 Å². The van der Waals surface area contributed by atoms with Crippen LogP contribution in [-0.4, -0.2) is 16.8 Å². The van der Waals surface area contributed by atoms with Crippen molar-refractivity contribution in [3.05, 3.63) is 29.8 Å². The third kappa shape index (κ3) is 13.4. The Bertz CT molecular complexity index is 651. The largest absolute Gasteiger partial charge is 0.508 e. The molecular formula is C30H52O2S. The average Bonchev–Trinajstić information content (AvgIpc) is 2.72. The number of rotatable bonds is 15. The van der Waals surface area contributed by atoms with E-state index in [9.17, 15) is 5.11 Å². The topological polar surface area (TPSA) is 29.5 Å². The molecule has 0 spiro atoms. The van der Waals surface area contributed by atoms with Crippen molar-refractivity contribution in [1.82, 2.24) is 0 Å². The Balaban J connectivity index is 2.52. The van der Waals surface area contributed by atoms with Crippen molar-refractivity contribution in [3.63, 3.8) is 0 Å². The SMILES string of the molecule is CCCCCCCCC(CC(CCOC(=S)CCc1ccc(O)cc1)C(C)(C)C)C(C)(C)C. The van der Waals surface area contributed by atoms with E-state index >= 15 is 0 Å². The quantitative estimate of drug-likeness (QED) is 0.202. The van der Waals surface area contributed by atoms with E-state index in [1.54, 1.807) is 12.1 Å². The summed E-state index contributed by atoms with van der Waals surface area (Å²) >= 11 is 5.50. The minimum atomic E-state index is 0.266. The summed E-state index contributed by atoms with van der Waals surface area (Å²) < 4.78 is 6.00. The van der Waals surface area contributed by atoms with E-state index in [-0.39, 0.29) is 5.41 Å². The van der Waals surface area contributed by atoms with Gasteiger partial charge in [0.25, 0.3) is 0 Å². The molecule has 0 fully saturated rings. The number of thiocarbonyl (C=S) groups is 1. The van der Waals surface area contributed by atoms with Gasteiger partial charge in [-0.3, -0.25) is 0 Å². The maximum Gasteiger partial charge on any atom is 0.159 e. The Morgan fingerprint density at radius 1 is 0.848 bits per heavy atom. The second-order valence-electron chi connectivity index (χ2n) is 12.1. The van der Waals surface area contributed by atoms with Gasteiger partial charge >= 0.3 is 0 Å². The zero-order valence-corrected chi connectivity index (χ0v) is 23.5. The van der Waals surface area contributed by atoms with Crippen LogP contribution in [-0.2, 0) is 11.2 Å². The van der Waals surface area contributed by atoms with Crippen molar-refractivity contribution in [3.8, 4) is 5.75 Å². The molecule has 3 heteroatoms. The highest BCUT2D eigenvalue weighted by atomic mass is 32.1. The number of ether oxygens (including phenoxy) is 1. The van der Waals surface area contributed by atoms with Gasteiger partial charge in [0.05, 0.1) is 6.61 Å². The van der Waals surface area contributed by atoms with Gasteiger partial charge in [-0.15, -0.1) is 0 Å². The zero-order valence-electron chi connectivity index (χ0n) is 22.7. The van der Waals surface area contributed by atoms with Gasteiger partial charge in [-0.1, -0.05) is 99.1 Å². The van der Waals surface area contributed by atoms with Crippen molar-refractivity contribution in [2.45, 2.75) is 119 Å². The van der Waals surface area contributed by atoms with Crippen LogP contribution in [0, 0.1) is 22.7 Å². The van der Waals surface area contributed by atoms with Gasteiger partial charge in [-0.25, -0.2) is 0 Å². The van der Waals surface area contributed by atoms with Gasteiger partial charge in [0.1, 0.15) is 5.75 Å². The molecule has 2 nitrogen and oxygen atoms in total. The fraction of sp³-hybridized carbons (Fsp3) is 0.767. The Hall–Kier alpha value is -1.09. The van der Waals surface area contributed by atoms with Crippen molar-refractivity contribution in [2.24, 2.45) is 22.7 Å². The summed E-state index contributed by atoms with van der Waals surface area (Å²) in [6, 6.07) is 7.35. The number of phenolic OH excluding ortho intramolecular Hbond substituents is 1. The third-order valence-corrected chi connectivity index (χ3v) is 7.53. The molecule has 0 aliphatic rings. The molecule has 33 heavy (non-hydrogen) atoms. The minimum Gasteiger partial charge on any atom is -0.508 e. The van der Waals surface area contributed by atoms with Gasteiger partial charge in [0, 0.05) is 6.42 Å². The molecule has 0 aliphatic carbocycles. The van der Waals surface area contributed by atoms with Crippen LogP contribution < -0.4 is 0 Å². The zero-order chi connectivity index (χ0) is 24.9. The van der Waals surface area contributed by atoms with Crippen LogP contribution in [0.2, 0.25) is 0 Å². The molecule has 0 radical (unpaired) electrons. The molecule has 0 aliphatic heterocycles. The lowest BCUT2D eigenvalue weighted by Crippen LogP contribution is -2.30. The van der Waals surface area contributed by atoms with Gasteiger partial charge < -0.3 is 9.84 Å². The first-order chi connectivity index (χ1) is 15.4. The van der Waals surface area contributed by atoms with Crippen LogP contribution in [0.1, 0.15) is 118 Å². The first-order valence-electron chi connectivity index (χ1n) is 13.4.